The minimum absolute atomic E-state index is 0.0548. The minimum atomic E-state index is -0.762. The van der Waals surface area contributed by atoms with Crippen LogP contribution in [-0.4, -0.2) is 23.3 Å². The second-order valence-electron chi connectivity index (χ2n) is 8.58. The maximum absolute atomic E-state index is 11.7. The number of carbonyl (C=O) groups is 1. The van der Waals surface area contributed by atoms with E-state index >= 15 is 0 Å². The first kappa shape index (κ1) is 16.9. The molecule has 0 spiro atoms. The molecular formula is C21H28O4. The minimum Gasteiger partial charge on any atom is -0.497 e. The lowest BCUT2D eigenvalue weighted by Crippen LogP contribution is -2.52. The molecule has 3 aliphatic carbocycles. The van der Waals surface area contributed by atoms with Crippen molar-refractivity contribution in [3.8, 4) is 5.75 Å². The number of benzene rings is 1. The van der Waals surface area contributed by atoms with E-state index in [2.05, 4.69) is 13.0 Å². The van der Waals surface area contributed by atoms with E-state index in [1.54, 1.807) is 7.11 Å². The zero-order valence-corrected chi connectivity index (χ0v) is 15.1. The van der Waals surface area contributed by atoms with Gasteiger partial charge in [0, 0.05) is 6.42 Å². The van der Waals surface area contributed by atoms with Crippen molar-refractivity contribution < 1.29 is 19.7 Å². The Labute approximate surface area is 149 Å². The Hall–Kier alpha value is -1.55. The van der Waals surface area contributed by atoms with Gasteiger partial charge in [-0.2, -0.15) is 0 Å². The molecule has 0 heterocycles. The highest BCUT2D eigenvalue weighted by Gasteiger charge is 2.59. The molecule has 25 heavy (non-hydrogen) atoms. The summed E-state index contributed by atoms with van der Waals surface area (Å²) < 4.78 is 5.35. The normalized spacial score (nSPS) is 39.2. The first-order valence-electron chi connectivity index (χ1n) is 9.50. The predicted molar refractivity (Wildman–Crippen MR) is 94.5 cm³/mol. The molecule has 4 heteroatoms. The second kappa shape index (κ2) is 5.73. The third-order valence-corrected chi connectivity index (χ3v) is 7.67. The summed E-state index contributed by atoms with van der Waals surface area (Å²) in [5, 5.41) is 21.0. The maximum atomic E-state index is 11.7. The number of hydrogen-bond donors (Lipinski definition) is 2. The van der Waals surface area contributed by atoms with Gasteiger partial charge in [-0.3, -0.25) is 4.79 Å². The number of aryl methyl sites for hydroxylation is 1. The summed E-state index contributed by atoms with van der Waals surface area (Å²) in [7, 11) is 1.68. The lowest BCUT2D eigenvalue weighted by atomic mass is 9.52. The van der Waals surface area contributed by atoms with Crippen LogP contribution >= 0.6 is 0 Å². The third kappa shape index (κ3) is 2.41. The maximum Gasteiger partial charge on any atom is 0.303 e. The first-order valence-corrected chi connectivity index (χ1v) is 9.50. The van der Waals surface area contributed by atoms with Crippen LogP contribution in [-0.2, 0) is 16.8 Å². The summed E-state index contributed by atoms with van der Waals surface area (Å²) in [5.41, 5.74) is 1.58. The average molecular weight is 344 g/mol. The van der Waals surface area contributed by atoms with Gasteiger partial charge < -0.3 is 14.9 Å². The van der Waals surface area contributed by atoms with Gasteiger partial charge in [-0.25, -0.2) is 0 Å². The summed E-state index contributed by atoms with van der Waals surface area (Å²) >= 11 is 0. The van der Waals surface area contributed by atoms with Gasteiger partial charge in [0.2, 0.25) is 0 Å². The van der Waals surface area contributed by atoms with E-state index in [4.69, 9.17) is 4.74 Å². The van der Waals surface area contributed by atoms with Gasteiger partial charge in [-0.05, 0) is 85.0 Å². The summed E-state index contributed by atoms with van der Waals surface area (Å²) in [5.74, 6) is 1.08. The summed E-state index contributed by atoms with van der Waals surface area (Å²) in [6.07, 6.45) is 5.90. The summed E-state index contributed by atoms with van der Waals surface area (Å²) in [6.45, 7) is 2.28. The molecule has 0 saturated heterocycles. The Morgan fingerprint density at radius 2 is 2.04 bits per heavy atom. The fourth-order valence-corrected chi connectivity index (χ4v) is 6.33. The number of carboxylic acid groups (broad SMARTS) is 1. The molecule has 0 radical (unpaired) electrons. The Morgan fingerprint density at radius 3 is 2.76 bits per heavy atom. The van der Waals surface area contributed by atoms with E-state index < -0.39 is 11.6 Å². The standard InChI is InChI=1S/C21H28O4/c1-20-9-10-21(24)16-8-5-15(25-2)11-13(16)3-6-18(21)17(20)7-4-14(20)12-19(22)23/h5,8,11,14,17-18,24H,3-4,6-7,9-10,12H2,1-2H3,(H,22,23)/t14-,17+,18-,20-,21+/m1/s1. The van der Waals surface area contributed by atoms with Crippen molar-refractivity contribution in [2.75, 3.05) is 7.11 Å². The Bertz CT molecular complexity index is 699. The Kier molecular flexibility index (Phi) is 3.87. The Morgan fingerprint density at radius 1 is 1.24 bits per heavy atom. The summed E-state index contributed by atoms with van der Waals surface area (Å²) in [6, 6.07) is 6.07. The number of rotatable bonds is 3. The molecule has 0 aromatic heterocycles. The largest absolute Gasteiger partial charge is 0.497 e. The lowest BCUT2D eigenvalue weighted by Gasteiger charge is -2.55. The van der Waals surface area contributed by atoms with Crippen molar-refractivity contribution in [2.24, 2.45) is 23.2 Å². The molecule has 2 N–H and O–H groups in total. The van der Waals surface area contributed by atoms with Crippen LogP contribution in [0.2, 0.25) is 0 Å². The van der Waals surface area contributed by atoms with E-state index in [1.165, 1.54) is 5.56 Å². The summed E-state index contributed by atoms with van der Waals surface area (Å²) in [4.78, 5) is 11.3. The first-order chi connectivity index (χ1) is 11.9. The van der Waals surface area contributed by atoms with Crippen molar-refractivity contribution in [3.05, 3.63) is 29.3 Å². The Balaban J connectivity index is 1.68. The van der Waals surface area contributed by atoms with Gasteiger partial charge in [0.05, 0.1) is 12.7 Å². The van der Waals surface area contributed by atoms with Crippen LogP contribution in [0.15, 0.2) is 18.2 Å². The van der Waals surface area contributed by atoms with Crippen LogP contribution in [0.4, 0.5) is 0 Å². The van der Waals surface area contributed by atoms with Crippen LogP contribution in [0.3, 0.4) is 0 Å². The highest BCUT2D eigenvalue weighted by Crippen LogP contribution is 2.64. The molecule has 2 saturated carbocycles. The molecule has 4 rings (SSSR count). The van der Waals surface area contributed by atoms with Crippen LogP contribution in [0.1, 0.15) is 56.6 Å². The molecule has 3 aliphatic rings. The highest BCUT2D eigenvalue weighted by molar-refractivity contribution is 5.67. The van der Waals surface area contributed by atoms with Gasteiger partial charge in [0.25, 0.3) is 0 Å². The van der Waals surface area contributed by atoms with Gasteiger partial charge in [0.1, 0.15) is 5.75 Å². The van der Waals surface area contributed by atoms with Gasteiger partial charge >= 0.3 is 5.97 Å². The van der Waals surface area contributed by atoms with Crippen molar-refractivity contribution in [3.63, 3.8) is 0 Å². The predicted octanol–water partition coefficient (Wildman–Crippen LogP) is 3.75. The number of methoxy groups -OCH3 is 1. The topological polar surface area (TPSA) is 66.8 Å². The highest BCUT2D eigenvalue weighted by atomic mass is 16.5. The second-order valence-corrected chi connectivity index (χ2v) is 8.58. The SMILES string of the molecule is COc1ccc2c(c1)CC[C@@H]1[C@@H]3CC[C@H](CC(=O)O)[C@@]3(C)CC[C@]21O. The number of aliphatic hydroxyl groups is 1. The van der Waals surface area contributed by atoms with Gasteiger partial charge in [-0.1, -0.05) is 13.0 Å². The molecule has 0 bridgehead atoms. The van der Waals surface area contributed by atoms with Crippen LogP contribution in [0.5, 0.6) is 5.75 Å². The van der Waals surface area contributed by atoms with Crippen molar-refractivity contribution in [1.29, 1.82) is 0 Å². The van der Waals surface area contributed by atoms with E-state index in [-0.39, 0.29) is 23.7 Å². The fraction of sp³-hybridized carbons (Fsp3) is 0.667. The molecule has 0 aliphatic heterocycles. The van der Waals surface area contributed by atoms with Crippen LogP contribution in [0.25, 0.3) is 0 Å². The average Bonchev–Trinajstić information content (AvgIpc) is 2.90. The van der Waals surface area contributed by atoms with Crippen molar-refractivity contribution >= 4 is 5.97 Å². The van der Waals surface area contributed by atoms with E-state index in [9.17, 15) is 15.0 Å². The third-order valence-electron chi connectivity index (χ3n) is 7.67. The van der Waals surface area contributed by atoms with E-state index in [0.717, 1.165) is 49.8 Å². The number of fused-ring (bicyclic) bond motifs is 5. The zero-order valence-electron chi connectivity index (χ0n) is 15.1. The molecule has 5 atom stereocenters. The number of aliphatic carboxylic acids is 1. The monoisotopic (exact) mass is 344 g/mol. The molecular weight excluding hydrogens is 316 g/mol. The smallest absolute Gasteiger partial charge is 0.303 e. The molecule has 0 amide bonds. The number of hydrogen-bond acceptors (Lipinski definition) is 3. The van der Waals surface area contributed by atoms with E-state index in [1.807, 2.05) is 12.1 Å². The molecule has 0 unspecified atom stereocenters. The quantitative estimate of drug-likeness (QED) is 0.876. The van der Waals surface area contributed by atoms with Gasteiger partial charge in [0.15, 0.2) is 0 Å². The van der Waals surface area contributed by atoms with Crippen LogP contribution < -0.4 is 4.74 Å². The number of carboxylic acids is 1. The van der Waals surface area contributed by atoms with Crippen molar-refractivity contribution in [1.82, 2.24) is 0 Å². The number of ether oxygens (including phenoxy) is 1. The van der Waals surface area contributed by atoms with Crippen molar-refractivity contribution in [2.45, 2.75) is 57.5 Å². The van der Waals surface area contributed by atoms with Gasteiger partial charge in [-0.15, -0.1) is 0 Å². The molecule has 4 nitrogen and oxygen atoms in total. The zero-order chi connectivity index (χ0) is 17.8. The molecule has 2 fully saturated rings. The molecule has 1 aromatic carbocycles. The molecule has 1 aromatic rings. The van der Waals surface area contributed by atoms with Crippen LogP contribution in [0, 0.1) is 23.2 Å². The molecule has 136 valence electrons. The van der Waals surface area contributed by atoms with E-state index in [0.29, 0.717) is 5.92 Å². The lowest BCUT2D eigenvalue weighted by molar-refractivity contribution is -0.145. The fourth-order valence-electron chi connectivity index (χ4n) is 6.33.